The van der Waals surface area contributed by atoms with Gasteiger partial charge in [-0.15, -0.1) is 0 Å². The first kappa shape index (κ1) is 16.6. The van der Waals surface area contributed by atoms with Crippen molar-refractivity contribution in [2.75, 3.05) is 6.61 Å². The number of hydrogen-bond acceptors (Lipinski definition) is 3. The summed E-state index contributed by atoms with van der Waals surface area (Å²) in [6.07, 6.45) is 13.1. The van der Waals surface area contributed by atoms with Crippen LogP contribution in [0.2, 0.25) is 0 Å². The Bertz CT molecular complexity index is 553. The summed E-state index contributed by atoms with van der Waals surface area (Å²) < 4.78 is 5.72. The largest absolute Gasteiger partial charge is 0.462 e. The van der Waals surface area contributed by atoms with Crippen LogP contribution in [-0.2, 0) is 9.53 Å². The summed E-state index contributed by atoms with van der Waals surface area (Å²) in [5.41, 5.74) is 1.79. The SMILES string of the molecule is CC(=O)OC1CCC2C3CCC4=CCCCC4(CO)C3CCC12C. The van der Waals surface area contributed by atoms with Crippen LogP contribution in [0.3, 0.4) is 0 Å². The Kier molecular flexibility index (Phi) is 4.06. The molecule has 0 bridgehead atoms. The van der Waals surface area contributed by atoms with Gasteiger partial charge in [0, 0.05) is 17.8 Å². The lowest BCUT2D eigenvalue weighted by atomic mass is 9.47. The lowest BCUT2D eigenvalue weighted by Gasteiger charge is -2.58. The van der Waals surface area contributed by atoms with Gasteiger partial charge in [0.15, 0.2) is 0 Å². The van der Waals surface area contributed by atoms with Crippen LogP contribution in [0.25, 0.3) is 0 Å². The highest BCUT2D eigenvalue weighted by molar-refractivity contribution is 5.66. The van der Waals surface area contributed by atoms with Gasteiger partial charge >= 0.3 is 5.97 Å². The van der Waals surface area contributed by atoms with Crippen molar-refractivity contribution in [3.8, 4) is 0 Å². The van der Waals surface area contributed by atoms with E-state index in [1.807, 2.05) is 0 Å². The van der Waals surface area contributed by atoms with Crippen molar-refractivity contribution in [1.29, 1.82) is 0 Å². The molecule has 3 nitrogen and oxygen atoms in total. The van der Waals surface area contributed by atoms with Gasteiger partial charge in [-0.1, -0.05) is 18.6 Å². The first-order chi connectivity index (χ1) is 11.5. The van der Waals surface area contributed by atoms with Crippen LogP contribution in [0, 0.1) is 28.6 Å². The maximum Gasteiger partial charge on any atom is 0.302 e. The van der Waals surface area contributed by atoms with Crippen LogP contribution in [0.1, 0.15) is 71.6 Å². The number of aliphatic hydroxyl groups is 1. The van der Waals surface area contributed by atoms with Crippen molar-refractivity contribution < 1.29 is 14.6 Å². The van der Waals surface area contributed by atoms with Crippen LogP contribution in [0.4, 0.5) is 0 Å². The summed E-state index contributed by atoms with van der Waals surface area (Å²) in [6.45, 7) is 4.24. The fourth-order valence-electron chi connectivity index (χ4n) is 7.17. The maximum atomic E-state index is 11.5. The number of allylic oxidation sites excluding steroid dienone is 1. The monoisotopic (exact) mass is 332 g/mol. The van der Waals surface area contributed by atoms with Crippen molar-refractivity contribution in [2.24, 2.45) is 28.6 Å². The Morgan fingerprint density at radius 2 is 2.08 bits per heavy atom. The molecule has 4 aliphatic carbocycles. The van der Waals surface area contributed by atoms with Gasteiger partial charge in [0.05, 0.1) is 6.61 Å². The molecule has 0 saturated heterocycles. The Labute approximate surface area is 145 Å². The second-order valence-corrected chi connectivity index (χ2v) is 9.07. The molecule has 3 heteroatoms. The first-order valence-corrected chi connectivity index (χ1v) is 9.99. The quantitative estimate of drug-likeness (QED) is 0.607. The van der Waals surface area contributed by atoms with Gasteiger partial charge in [-0.2, -0.15) is 0 Å². The zero-order valence-electron chi connectivity index (χ0n) is 15.2. The van der Waals surface area contributed by atoms with Crippen LogP contribution in [0.5, 0.6) is 0 Å². The average Bonchev–Trinajstić information content (AvgIpc) is 2.90. The highest BCUT2D eigenvalue weighted by Gasteiger charge is 2.60. The molecule has 0 aliphatic heterocycles. The zero-order valence-corrected chi connectivity index (χ0v) is 15.2. The Hall–Kier alpha value is -0.830. The number of ether oxygens (including phenoxy) is 1. The Morgan fingerprint density at radius 3 is 2.83 bits per heavy atom. The summed E-state index contributed by atoms with van der Waals surface area (Å²) in [4.78, 5) is 11.5. The molecule has 0 amide bonds. The van der Waals surface area contributed by atoms with Crippen LogP contribution in [-0.4, -0.2) is 23.8 Å². The van der Waals surface area contributed by atoms with E-state index in [9.17, 15) is 9.90 Å². The molecule has 6 atom stereocenters. The van der Waals surface area contributed by atoms with Gasteiger partial charge in [-0.3, -0.25) is 4.79 Å². The number of carbonyl (C=O) groups is 1. The van der Waals surface area contributed by atoms with Crippen LogP contribution in [0.15, 0.2) is 11.6 Å². The number of carbonyl (C=O) groups excluding carboxylic acids is 1. The molecule has 0 aromatic carbocycles. The molecule has 0 spiro atoms. The number of hydrogen-bond donors (Lipinski definition) is 1. The molecule has 24 heavy (non-hydrogen) atoms. The lowest BCUT2D eigenvalue weighted by molar-refractivity contribution is -0.158. The second kappa shape index (κ2) is 5.86. The highest BCUT2D eigenvalue weighted by atomic mass is 16.5. The summed E-state index contributed by atoms with van der Waals surface area (Å²) >= 11 is 0. The molecule has 1 N–H and O–H groups in total. The molecule has 0 heterocycles. The van der Waals surface area contributed by atoms with Gasteiger partial charge in [-0.05, 0) is 75.5 Å². The first-order valence-electron chi connectivity index (χ1n) is 9.99. The molecule has 4 rings (SSSR count). The van der Waals surface area contributed by atoms with E-state index in [0.717, 1.165) is 12.8 Å². The topological polar surface area (TPSA) is 46.5 Å². The van der Waals surface area contributed by atoms with E-state index in [1.54, 1.807) is 12.5 Å². The lowest BCUT2D eigenvalue weighted by Crippen LogP contribution is -2.53. The van der Waals surface area contributed by atoms with Crippen molar-refractivity contribution in [2.45, 2.75) is 77.7 Å². The third-order valence-electron chi connectivity index (χ3n) is 8.25. The van der Waals surface area contributed by atoms with Crippen LogP contribution >= 0.6 is 0 Å². The van der Waals surface area contributed by atoms with Crippen molar-refractivity contribution in [3.63, 3.8) is 0 Å². The third-order valence-corrected chi connectivity index (χ3v) is 8.25. The fraction of sp³-hybridized carbons (Fsp3) is 0.857. The fourth-order valence-corrected chi connectivity index (χ4v) is 7.17. The molecule has 3 saturated carbocycles. The van der Waals surface area contributed by atoms with E-state index in [1.165, 1.54) is 44.9 Å². The predicted octanol–water partition coefficient (Wildman–Crippen LogP) is 4.24. The normalized spacial score (nSPS) is 47.2. The van der Waals surface area contributed by atoms with Gasteiger partial charge in [0.2, 0.25) is 0 Å². The summed E-state index contributed by atoms with van der Waals surface area (Å²) in [7, 11) is 0. The second-order valence-electron chi connectivity index (χ2n) is 9.07. The Morgan fingerprint density at radius 1 is 1.25 bits per heavy atom. The maximum absolute atomic E-state index is 11.5. The number of rotatable bonds is 2. The summed E-state index contributed by atoms with van der Waals surface area (Å²) in [5.74, 6) is 1.87. The van der Waals surface area contributed by atoms with E-state index < -0.39 is 0 Å². The standard InChI is InChI=1S/C21H32O3/c1-14(23)24-19-9-8-17-16-7-6-15-5-3-4-11-21(15,13-22)18(16)10-12-20(17,19)2/h5,16-19,22H,3-4,6-13H2,1-2H3. The van der Waals surface area contributed by atoms with Crippen molar-refractivity contribution >= 4 is 5.97 Å². The van der Waals surface area contributed by atoms with E-state index in [2.05, 4.69) is 13.0 Å². The van der Waals surface area contributed by atoms with Gasteiger partial charge in [0.1, 0.15) is 6.10 Å². The molecular formula is C21H32O3. The summed E-state index contributed by atoms with van der Waals surface area (Å²) in [6, 6.07) is 0. The highest BCUT2D eigenvalue weighted by Crippen LogP contribution is 2.65. The van der Waals surface area contributed by atoms with Crippen molar-refractivity contribution in [3.05, 3.63) is 11.6 Å². The molecule has 0 aromatic heterocycles. The molecule has 0 radical (unpaired) electrons. The van der Waals surface area contributed by atoms with Crippen LogP contribution < -0.4 is 0 Å². The molecule has 4 aliphatic rings. The van der Waals surface area contributed by atoms with Gasteiger partial charge < -0.3 is 9.84 Å². The molecule has 3 fully saturated rings. The number of esters is 1. The molecule has 6 unspecified atom stereocenters. The number of fused-ring (bicyclic) bond motifs is 5. The predicted molar refractivity (Wildman–Crippen MR) is 93.3 cm³/mol. The van der Waals surface area contributed by atoms with E-state index in [-0.39, 0.29) is 22.9 Å². The minimum Gasteiger partial charge on any atom is -0.462 e. The van der Waals surface area contributed by atoms with E-state index >= 15 is 0 Å². The average molecular weight is 332 g/mol. The Balaban J connectivity index is 1.63. The minimum atomic E-state index is -0.128. The third kappa shape index (κ3) is 2.23. The van der Waals surface area contributed by atoms with Crippen molar-refractivity contribution in [1.82, 2.24) is 0 Å². The smallest absolute Gasteiger partial charge is 0.302 e. The van der Waals surface area contributed by atoms with Gasteiger partial charge in [-0.25, -0.2) is 0 Å². The molecule has 134 valence electrons. The molecule has 0 aromatic rings. The molecular weight excluding hydrogens is 300 g/mol. The summed E-state index contributed by atoms with van der Waals surface area (Å²) in [5, 5.41) is 10.4. The van der Waals surface area contributed by atoms with Gasteiger partial charge in [0.25, 0.3) is 0 Å². The number of aliphatic hydroxyl groups excluding tert-OH is 1. The minimum absolute atomic E-state index is 0.0714. The van der Waals surface area contributed by atoms with E-state index in [0.29, 0.717) is 24.4 Å². The van der Waals surface area contributed by atoms with E-state index in [4.69, 9.17) is 4.74 Å². The zero-order chi connectivity index (χ0) is 16.9.